The fraction of sp³-hybridized carbons (Fsp3) is 0.0833. The average Bonchev–Trinajstić information content (AvgIpc) is 3.16. The first-order valence-electron chi connectivity index (χ1n) is 9.73. The van der Waals surface area contributed by atoms with E-state index < -0.39 is 0 Å². The molecule has 3 aromatic carbocycles. The van der Waals surface area contributed by atoms with Crippen molar-refractivity contribution in [3.05, 3.63) is 100 Å². The predicted octanol–water partition coefficient (Wildman–Crippen LogP) is 4.39. The Bertz CT molecular complexity index is 1430. The molecule has 2 N–H and O–H groups in total. The second kappa shape index (κ2) is 6.07. The van der Waals surface area contributed by atoms with Crippen LogP contribution in [0, 0.1) is 0 Å². The van der Waals surface area contributed by atoms with E-state index in [9.17, 15) is 4.79 Å². The third kappa shape index (κ3) is 2.41. The summed E-state index contributed by atoms with van der Waals surface area (Å²) in [5, 5.41) is 1.77. The van der Waals surface area contributed by atoms with Crippen molar-refractivity contribution in [3.8, 4) is 11.5 Å². The molecule has 1 unspecified atom stereocenters. The number of hydrogen-bond acceptors (Lipinski definition) is 3. The van der Waals surface area contributed by atoms with Crippen molar-refractivity contribution in [3.63, 3.8) is 0 Å². The van der Waals surface area contributed by atoms with Crippen LogP contribution >= 0.6 is 0 Å². The van der Waals surface area contributed by atoms with E-state index in [1.54, 1.807) is 4.68 Å². The predicted molar refractivity (Wildman–Crippen MR) is 116 cm³/mol. The molecule has 0 amide bonds. The van der Waals surface area contributed by atoms with Gasteiger partial charge in [0.2, 0.25) is 0 Å². The van der Waals surface area contributed by atoms with Crippen molar-refractivity contribution >= 4 is 21.8 Å². The molecule has 2 aromatic heterocycles. The highest BCUT2D eigenvalue weighted by atomic mass is 16.1. The Balaban J connectivity index is 1.64. The van der Waals surface area contributed by atoms with Crippen molar-refractivity contribution < 1.29 is 0 Å². The first kappa shape index (κ1) is 16.1. The molecule has 3 heterocycles. The molecule has 0 fully saturated rings. The summed E-state index contributed by atoms with van der Waals surface area (Å²) >= 11 is 0. The monoisotopic (exact) mass is 378 g/mol. The van der Waals surface area contributed by atoms with Gasteiger partial charge in [-0.1, -0.05) is 60.7 Å². The number of para-hydroxylation sites is 2. The Labute approximate surface area is 166 Å². The minimum atomic E-state index is -0.0760. The first-order valence-corrected chi connectivity index (χ1v) is 9.73. The lowest BCUT2D eigenvalue weighted by molar-refractivity contribution is 0.638. The van der Waals surface area contributed by atoms with E-state index in [0.717, 1.165) is 28.6 Å². The Morgan fingerprint density at radius 3 is 2.45 bits per heavy atom. The van der Waals surface area contributed by atoms with Gasteiger partial charge in [-0.15, -0.1) is 0 Å². The van der Waals surface area contributed by atoms with Crippen LogP contribution in [0.2, 0.25) is 0 Å². The molecule has 0 radical (unpaired) electrons. The summed E-state index contributed by atoms with van der Waals surface area (Å²) in [5.41, 5.74) is 8.42. The molecule has 5 heteroatoms. The van der Waals surface area contributed by atoms with Crippen LogP contribution in [0.5, 0.6) is 0 Å². The molecule has 29 heavy (non-hydrogen) atoms. The van der Waals surface area contributed by atoms with Crippen LogP contribution < -0.4 is 11.0 Å². The maximum Gasteiger partial charge on any atom is 0.280 e. The van der Waals surface area contributed by atoms with E-state index >= 15 is 0 Å². The third-order valence-electron chi connectivity index (χ3n) is 5.66. The molecule has 5 nitrogen and oxygen atoms in total. The van der Waals surface area contributed by atoms with Crippen LogP contribution in [0.15, 0.2) is 83.7 Å². The molecule has 6 rings (SSSR count). The van der Waals surface area contributed by atoms with Crippen LogP contribution in [0.1, 0.15) is 17.2 Å². The smallest absolute Gasteiger partial charge is 0.280 e. The molecule has 0 saturated carbocycles. The Morgan fingerprint density at radius 2 is 1.59 bits per heavy atom. The first-order chi connectivity index (χ1) is 14.3. The summed E-state index contributed by atoms with van der Waals surface area (Å²) in [6.07, 6.45) is 0.772. The Hall–Kier alpha value is -3.86. The molecule has 0 bridgehead atoms. The minimum Gasteiger partial charge on any atom is -0.352 e. The van der Waals surface area contributed by atoms with Gasteiger partial charge in [0.05, 0.1) is 22.6 Å². The summed E-state index contributed by atoms with van der Waals surface area (Å²) < 4.78 is 1.60. The number of aromatic amines is 1. The van der Waals surface area contributed by atoms with Crippen LogP contribution in [0.25, 0.3) is 33.3 Å². The van der Waals surface area contributed by atoms with E-state index in [4.69, 9.17) is 4.98 Å². The van der Waals surface area contributed by atoms with Crippen LogP contribution in [0.4, 0.5) is 0 Å². The topological polar surface area (TPSA) is 62.7 Å². The quantitative estimate of drug-likeness (QED) is 0.479. The normalized spacial score (nSPS) is 15.1. The summed E-state index contributed by atoms with van der Waals surface area (Å²) in [6, 6.07) is 26.0. The number of nitrogens with one attached hydrogen (secondary N) is 2. The van der Waals surface area contributed by atoms with Crippen molar-refractivity contribution in [1.29, 1.82) is 0 Å². The van der Waals surface area contributed by atoms with Crippen molar-refractivity contribution in [2.75, 3.05) is 5.43 Å². The second-order valence-corrected chi connectivity index (χ2v) is 7.42. The number of fused-ring (bicyclic) bond motifs is 6. The lowest BCUT2D eigenvalue weighted by Gasteiger charge is -2.28. The molecule has 1 aliphatic heterocycles. The largest absolute Gasteiger partial charge is 0.352 e. The summed E-state index contributed by atoms with van der Waals surface area (Å²) in [6.45, 7) is 0. The summed E-state index contributed by atoms with van der Waals surface area (Å²) in [5.74, 6) is 0.629. The highest BCUT2D eigenvalue weighted by Gasteiger charge is 2.30. The second-order valence-electron chi connectivity index (χ2n) is 7.42. The van der Waals surface area contributed by atoms with Crippen LogP contribution in [-0.4, -0.2) is 14.6 Å². The fourth-order valence-electron chi connectivity index (χ4n) is 4.34. The molecular weight excluding hydrogens is 360 g/mol. The minimum absolute atomic E-state index is 0.0447. The zero-order valence-corrected chi connectivity index (χ0v) is 15.6. The van der Waals surface area contributed by atoms with E-state index in [1.165, 1.54) is 5.56 Å². The fourth-order valence-corrected chi connectivity index (χ4v) is 4.34. The lowest BCUT2D eigenvalue weighted by atomic mass is 9.95. The molecule has 0 spiro atoms. The molecule has 1 atom stereocenters. The summed E-state index contributed by atoms with van der Waals surface area (Å²) in [7, 11) is 0. The number of hydrogen-bond donors (Lipinski definition) is 2. The van der Waals surface area contributed by atoms with E-state index in [2.05, 4.69) is 34.7 Å². The highest BCUT2D eigenvalue weighted by Crippen LogP contribution is 2.38. The van der Waals surface area contributed by atoms with Crippen LogP contribution in [-0.2, 0) is 6.42 Å². The van der Waals surface area contributed by atoms with Gasteiger partial charge in [-0.25, -0.2) is 9.66 Å². The molecule has 0 saturated heterocycles. The number of rotatable bonds is 2. The molecule has 1 aliphatic rings. The van der Waals surface area contributed by atoms with Gasteiger partial charge in [-0.2, -0.15) is 0 Å². The van der Waals surface area contributed by atoms with E-state index in [-0.39, 0.29) is 11.6 Å². The Morgan fingerprint density at radius 1 is 0.862 bits per heavy atom. The zero-order valence-electron chi connectivity index (χ0n) is 15.6. The molecule has 5 aromatic rings. The van der Waals surface area contributed by atoms with E-state index in [0.29, 0.717) is 16.7 Å². The van der Waals surface area contributed by atoms with Gasteiger partial charge >= 0.3 is 0 Å². The van der Waals surface area contributed by atoms with Crippen LogP contribution in [0.3, 0.4) is 0 Å². The van der Waals surface area contributed by atoms with Gasteiger partial charge in [-0.3, -0.25) is 4.79 Å². The molecule has 140 valence electrons. The average molecular weight is 378 g/mol. The number of nitrogens with zero attached hydrogens (tertiary/aromatic N) is 2. The maximum absolute atomic E-state index is 13.2. The van der Waals surface area contributed by atoms with Crippen molar-refractivity contribution in [1.82, 2.24) is 14.6 Å². The molecule has 0 aliphatic carbocycles. The number of H-pyrrole nitrogens is 1. The Kier molecular flexibility index (Phi) is 3.38. The van der Waals surface area contributed by atoms with Gasteiger partial charge < -0.3 is 10.4 Å². The molecular formula is C24H18N4O. The van der Waals surface area contributed by atoms with Gasteiger partial charge in [0.15, 0.2) is 5.82 Å². The number of benzene rings is 3. The highest BCUT2D eigenvalue weighted by molar-refractivity contribution is 5.92. The van der Waals surface area contributed by atoms with Crippen molar-refractivity contribution in [2.24, 2.45) is 0 Å². The lowest BCUT2D eigenvalue weighted by Crippen LogP contribution is -2.37. The van der Waals surface area contributed by atoms with E-state index in [1.807, 2.05) is 54.6 Å². The maximum atomic E-state index is 13.2. The van der Waals surface area contributed by atoms with Gasteiger partial charge in [0.25, 0.3) is 5.56 Å². The third-order valence-corrected chi connectivity index (χ3v) is 5.66. The van der Waals surface area contributed by atoms with Gasteiger partial charge in [0.1, 0.15) is 0 Å². The zero-order chi connectivity index (χ0) is 19.4. The van der Waals surface area contributed by atoms with Gasteiger partial charge in [-0.05, 0) is 30.2 Å². The SMILES string of the molecule is O=c1c2ccccc2nc2n1NC(Cc1ccccc1)c1c-2[nH]c2ccccc12. The summed E-state index contributed by atoms with van der Waals surface area (Å²) in [4.78, 5) is 21.6. The number of aromatic nitrogens is 3. The van der Waals surface area contributed by atoms with Gasteiger partial charge in [0, 0.05) is 16.5 Å². The standard InChI is InChI=1S/C24H18N4O/c29-24-17-11-5-7-13-19(17)26-23-22-21(16-10-4-6-12-18(16)25-22)20(27-28(23)24)14-15-8-2-1-3-9-15/h1-13,20,25,27H,14H2. The van der Waals surface area contributed by atoms with Crippen molar-refractivity contribution in [2.45, 2.75) is 12.5 Å².